The third-order valence-corrected chi connectivity index (χ3v) is 5.41. The van der Waals surface area contributed by atoms with Crippen molar-refractivity contribution in [2.24, 2.45) is 0 Å². The van der Waals surface area contributed by atoms with Gasteiger partial charge < -0.3 is 4.74 Å². The Morgan fingerprint density at radius 3 is 2.31 bits per heavy atom. The first-order valence-electron chi connectivity index (χ1n) is 9.46. The number of ether oxygens (including phenoxy) is 1. The van der Waals surface area contributed by atoms with Crippen molar-refractivity contribution in [2.75, 3.05) is 6.61 Å². The van der Waals surface area contributed by atoms with Crippen LogP contribution in [0.4, 0.5) is 4.39 Å². The molecule has 0 spiro atoms. The fraction of sp³-hybridized carbons (Fsp3) is 0.409. The average Bonchev–Trinajstić information content (AvgIpc) is 2.61. The molecule has 0 fully saturated rings. The monoisotopic (exact) mass is 422 g/mol. The molecule has 2 rings (SSSR count). The highest BCUT2D eigenvalue weighted by atomic mass is 32.2. The molecular weight excluding hydrogens is 395 g/mol. The first-order chi connectivity index (χ1) is 13.5. The summed E-state index contributed by atoms with van der Waals surface area (Å²) in [4.78, 5) is 12.2. The van der Waals surface area contributed by atoms with Crippen molar-refractivity contribution in [1.82, 2.24) is 0 Å². The molecule has 0 N–H and O–H groups in total. The van der Waals surface area contributed by atoms with Crippen LogP contribution >= 0.6 is 0 Å². The van der Waals surface area contributed by atoms with Crippen molar-refractivity contribution < 1.29 is 26.5 Å². The van der Waals surface area contributed by atoms with Gasteiger partial charge in [0.1, 0.15) is 11.4 Å². The quantitative estimate of drug-likeness (QED) is 0.347. The molecule has 0 aromatic heterocycles. The van der Waals surface area contributed by atoms with E-state index in [-0.39, 0.29) is 17.1 Å². The zero-order valence-electron chi connectivity index (χ0n) is 17.2. The van der Waals surface area contributed by atoms with Gasteiger partial charge >= 0.3 is 5.97 Å². The molecule has 2 aromatic carbocycles. The molecule has 0 aliphatic carbocycles. The van der Waals surface area contributed by atoms with Crippen LogP contribution in [0.1, 0.15) is 55.1 Å². The number of hydrogen-bond acceptors (Lipinski definition) is 5. The minimum atomic E-state index is -3.80. The summed E-state index contributed by atoms with van der Waals surface area (Å²) in [5, 5.41) is 0. The van der Waals surface area contributed by atoms with Crippen LogP contribution in [-0.4, -0.2) is 26.6 Å². The molecule has 5 nitrogen and oxygen atoms in total. The molecule has 0 amide bonds. The van der Waals surface area contributed by atoms with E-state index >= 15 is 0 Å². The van der Waals surface area contributed by atoms with Crippen molar-refractivity contribution in [3.8, 4) is 0 Å². The van der Waals surface area contributed by atoms with E-state index in [1.807, 2.05) is 6.92 Å². The molecule has 0 aliphatic rings. The van der Waals surface area contributed by atoms with Gasteiger partial charge in [-0.15, -0.1) is 0 Å². The minimum Gasteiger partial charge on any atom is -0.456 e. The molecule has 0 bridgehead atoms. The largest absolute Gasteiger partial charge is 0.456 e. The van der Waals surface area contributed by atoms with Crippen molar-refractivity contribution in [2.45, 2.75) is 57.5 Å². The molecule has 0 aliphatic heterocycles. The number of hydrogen-bond donors (Lipinski definition) is 0. The Morgan fingerprint density at radius 1 is 1.03 bits per heavy atom. The molecule has 0 heterocycles. The van der Waals surface area contributed by atoms with E-state index in [9.17, 15) is 17.6 Å². The van der Waals surface area contributed by atoms with Gasteiger partial charge in [-0.05, 0) is 70.7 Å². The highest BCUT2D eigenvalue weighted by molar-refractivity contribution is 7.86. The van der Waals surface area contributed by atoms with E-state index in [2.05, 4.69) is 0 Å². The molecular formula is C22H27FO5S. The molecule has 0 unspecified atom stereocenters. The second-order valence-electron chi connectivity index (χ2n) is 7.83. The normalized spacial score (nSPS) is 12.0. The maximum atomic E-state index is 14.6. The fourth-order valence-corrected chi connectivity index (χ4v) is 3.57. The Labute approximate surface area is 172 Å². The Hall–Kier alpha value is -2.25. The number of unbranched alkanes of at least 4 members (excludes halogenated alkanes) is 1. The van der Waals surface area contributed by atoms with Crippen molar-refractivity contribution in [1.29, 1.82) is 0 Å². The highest BCUT2D eigenvalue weighted by Gasteiger charge is 2.22. The first-order valence-corrected chi connectivity index (χ1v) is 10.9. The highest BCUT2D eigenvalue weighted by Crippen LogP contribution is 2.19. The van der Waals surface area contributed by atoms with E-state index in [1.54, 1.807) is 45.0 Å². The topological polar surface area (TPSA) is 69.7 Å². The maximum absolute atomic E-state index is 14.6. The predicted octanol–water partition coefficient (Wildman–Crippen LogP) is 4.82. The lowest BCUT2D eigenvalue weighted by Gasteiger charge is -2.20. The summed E-state index contributed by atoms with van der Waals surface area (Å²) in [7, 11) is -3.80. The zero-order chi connectivity index (χ0) is 21.7. The number of benzene rings is 2. The fourth-order valence-electron chi connectivity index (χ4n) is 2.62. The zero-order valence-corrected chi connectivity index (χ0v) is 18.0. The molecule has 7 heteroatoms. The second kappa shape index (κ2) is 9.50. The predicted molar refractivity (Wildman–Crippen MR) is 109 cm³/mol. The number of carbonyl (C=O) groups is 1. The average molecular weight is 423 g/mol. The Balaban J connectivity index is 1.88. The summed E-state index contributed by atoms with van der Waals surface area (Å²) < 4.78 is 49.2. The van der Waals surface area contributed by atoms with Crippen molar-refractivity contribution in [3.05, 3.63) is 65.0 Å². The van der Waals surface area contributed by atoms with Crippen LogP contribution in [-0.2, 0) is 25.5 Å². The van der Waals surface area contributed by atoms with Gasteiger partial charge in [-0.1, -0.05) is 29.8 Å². The minimum absolute atomic E-state index is 0.00356. The van der Waals surface area contributed by atoms with Gasteiger partial charge in [0, 0.05) is 0 Å². The number of carbonyl (C=O) groups excluding carboxylic acids is 1. The second-order valence-corrected chi connectivity index (χ2v) is 9.44. The smallest absolute Gasteiger partial charge is 0.341 e. The molecule has 0 radical (unpaired) electrons. The van der Waals surface area contributed by atoms with E-state index in [0.29, 0.717) is 24.8 Å². The van der Waals surface area contributed by atoms with E-state index in [1.165, 1.54) is 18.2 Å². The van der Waals surface area contributed by atoms with Gasteiger partial charge in [-0.25, -0.2) is 9.18 Å². The lowest BCUT2D eigenvalue weighted by Crippen LogP contribution is -2.24. The number of aryl methyl sites for hydroxylation is 2. The summed E-state index contributed by atoms with van der Waals surface area (Å²) in [6.45, 7) is 7.03. The summed E-state index contributed by atoms with van der Waals surface area (Å²) in [5.74, 6) is -1.31. The molecule has 29 heavy (non-hydrogen) atoms. The van der Waals surface area contributed by atoms with Crippen LogP contribution in [0.5, 0.6) is 0 Å². The number of esters is 1. The van der Waals surface area contributed by atoms with Crippen molar-refractivity contribution >= 4 is 16.1 Å². The van der Waals surface area contributed by atoms with Crippen LogP contribution in [0.3, 0.4) is 0 Å². The Bertz CT molecular complexity index is 944. The van der Waals surface area contributed by atoms with Gasteiger partial charge in [0.25, 0.3) is 10.1 Å². The van der Waals surface area contributed by atoms with Crippen LogP contribution < -0.4 is 0 Å². The molecule has 2 aromatic rings. The van der Waals surface area contributed by atoms with Gasteiger partial charge in [-0.3, -0.25) is 4.18 Å². The molecule has 0 saturated heterocycles. The summed E-state index contributed by atoms with van der Waals surface area (Å²) in [5.41, 5.74) is 0.532. The van der Waals surface area contributed by atoms with Gasteiger partial charge in [0.15, 0.2) is 0 Å². The van der Waals surface area contributed by atoms with Gasteiger partial charge in [-0.2, -0.15) is 8.42 Å². The van der Waals surface area contributed by atoms with Crippen LogP contribution in [0.25, 0.3) is 0 Å². The Kier molecular flexibility index (Phi) is 7.54. The van der Waals surface area contributed by atoms with Crippen LogP contribution in [0, 0.1) is 12.7 Å². The third kappa shape index (κ3) is 6.94. The van der Waals surface area contributed by atoms with Crippen LogP contribution in [0.15, 0.2) is 47.4 Å². The maximum Gasteiger partial charge on any atom is 0.341 e. The number of rotatable bonds is 8. The van der Waals surface area contributed by atoms with Gasteiger partial charge in [0.05, 0.1) is 17.1 Å². The summed E-state index contributed by atoms with van der Waals surface area (Å²) in [6.07, 6.45) is 1.30. The van der Waals surface area contributed by atoms with Crippen LogP contribution in [0.2, 0.25) is 0 Å². The van der Waals surface area contributed by atoms with E-state index < -0.39 is 27.5 Å². The third-order valence-electron chi connectivity index (χ3n) is 4.09. The molecule has 0 saturated carbocycles. The summed E-state index contributed by atoms with van der Waals surface area (Å²) >= 11 is 0. The first kappa shape index (κ1) is 23.0. The SMILES string of the molecule is Cc1ccc(S(=O)(=O)OCCCCc2cccc(C(=O)OC(C)(C)C)c2F)cc1. The molecule has 158 valence electrons. The summed E-state index contributed by atoms with van der Waals surface area (Å²) in [6, 6.07) is 11.0. The molecule has 0 atom stereocenters. The number of halogens is 1. The van der Waals surface area contributed by atoms with E-state index in [0.717, 1.165) is 5.56 Å². The lowest BCUT2D eigenvalue weighted by atomic mass is 10.0. The lowest BCUT2D eigenvalue weighted by molar-refractivity contribution is 0.00644. The van der Waals surface area contributed by atoms with E-state index in [4.69, 9.17) is 8.92 Å². The Morgan fingerprint density at radius 2 is 1.69 bits per heavy atom. The van der Waals surface area contributed by atoms with Gasteiger partial charge in [0.2, 0.25) is 0 Å². The standard InChI is InChI=1S/C22H27FO5S/c1-16-11-13-18(14-12-16)29(25,26)27-15-6-5-8-17-9-7-10-19(20(17)23)21(24)28-22(2,3)4/h7,9-14H,5-6,8,15H2,1-4H3. The van der Waals surface area contributed by atoms with Crippen molar-refractivity contribution in [3.63, 3.8) is 0 Å².